The van der Waals surface area contributed by atoms with Crippen LogP contribution in [-0.2, 0) is 11.3 Å². The number of nitrogens with zero attached hydrogens (tertiary/aromatic N) is 4. The molecule has 1 aromatic heterocycles. The molecule has 0 bridgehead atoms. The molecule has 1 N–H and O–H groups in total. The predicted octanol–water partition coefficient (Wildman–Crippen LogP) is 4.32. The average molecular weight is 474 g/mol. The Balaban J connectivity index is 0.00000149. The third-order valence-electron chi connectivity index (χ3n) is 6.30. The maximum Gasteiger partial charge on any atom is 0.272 e. The van der Waals surface area contributed by atoms with Gasteiger partial charge in [-0.2, -0.15) is 0 Å². The molecule has 7 nitrogen and oxygen atoms in total. The van der Waals surface area contributed by atoms with Crippen LogP contribution < -0.4 is 5.32 Å². The number of aromatic nitrogens is 2. The average Bonchev–Trinajstić information content (AvgIpc) is 2.87. The summed E-state index contributed by atoms with van der Waals surface area (Å²) in [4.78, 5) is 26.3. The smallest absolute Gasteiger partial charge is 0.272 e. The van der Waals surface area contributed by atoms with Crippen molar-refractivity contribution in [2.75, 3.05) is 44.7 Å². The minimum absolute atomic E-state index is 0.0123. The van der Waals surface area contributed by atoms with Crippen LogP contribution in [-0.4, -0.2) is 71.1 Å². The van der Waals surface area contributed by atoms with Crippen molar-refractivity contribution >= 4 is 23.3 Å². The second-order valence-electron chi connectivity index (χ2n) is 8.30. The van der Waals surface area contributed by atoms with Crippen LogP contribution in [0.25, 0.3) is 0 Å². The molecule has 1 aromatic carbocycles. The number of nitrogens with one attached hydrogen (secondary N) is 1. The van der Waals surface area contributed by atoms with Crippen LogP contribution in [0.3, 0.4) is 0 Å². The Labute approximate surface area is 202 Å². The Hall–Kier alpha value is -2.22. The fraction of sp³-hybridized carbons (Fsp3) is 0.560. The highest BCUT2D eigenvalue weighted by Crippen LogP contribution is 2.22. The monoisotopic (exact) mass is 473 g/mol. The lowest BCUT2D eigenvalue weighted by molar-refractivity contribution is 0.00152. The second-order valence-corrected chi connectivity index (χ2v) is 8.71. The van der Waals surface area contributed by atoms with Crippen LogP contribution in [0.5, 0.6) is 0 Å². The van der Waals surface area contributed by atoms with Crippen molar-refractivity contribution in [2.24, 2.45) is 0 Å². The SMILES string of the molecule is CC.Cc1ccc(CNc2ncnc(C(=O)N3CCC(N4CCOCC4)CC3)c2C)cc1Cl. The highest BCUT2D eigenvalue weighted by Gasteiger charge is 2.29. The Morgan fingerprint density at radius 3 is 2.48 bits per heavy atom. The van der Waals surface area contributed by atoms with Gasteiger partial charge in [0.25, 0.3) is 5.91 Å². The Morgan fingerprint density at radius 2 is 1.82 bits per heavy atom. The number of anilines is 1. The van der Waals surface area contributed by atoms with Crippen molar-refractivity contribution in [3.8, 4) is 0 Å². The highest BCUT2D eigenvalue weighted by molar-refractivity contribution is 6.31. The fourth-order valence-electron chi connectivity index (χ4n) is 4.30. The van der Waals surface area contributed by atoms with Crippen LogP contribution in [0.2, 0.25) is 5.02 Å². The van der Waals surface area contributed by atoms with Gasteiger partial charge >= 0.3 is 0 Å². The van der Waals surface area contributed by atoms with Gasteiger partial charge in [-0.15, -0.1) is 0 Å². The quantitative estimate of drug-likeness (QED) is 0.697. The number of amides is 1. The third-order valence-corrected chi connectivity index (χ3v) is 6.70. The van der Waals surface area contributed by atoms with Crippen molar-refractivity contribution in [2.45, 2.75) is 53.1 Å². The summed E-state index contributed by atoms with van der Waals surface area (Å²) in [6, 6.07) is 6.53. The second kappa shape index (κ2) is 12.3. The normalized spacial score (nSPS) is 17.3. The number of hydrogen-bond acceptors (Lipinski definition) is 6. The number of rotatable bonds is 5. The molecular weight excluding hydrogens is 438 g/mol. The Bertz CT molecular complexity index is 925. The number of hydrogen-bond donors (Lipinski definition) is 1. The summed E-state index contributed by atoms with van der Waals surface area (Å²) in [6.45, 7) is 13.6. The molecule has 2 aliphatic heterocycles. The molecule has 2 aromatic rings. The third kappa shape index (κ3) is 6.43. The number of carbonyl (C=O) groups is 1. The number of carbonyl (C=O) groups excluding carboxylic acids is 1. The van der Waals surface area contributed by atoms with Gasteiger partial charge in [-0.25, -0.2) is 9.97 Å². The maximum absolute atomic E-state index is 13.2. The van der Waals surface area contributed by atoms with Crippen molar-refractivity contribution < 1.29 is 9.53 Å². The van der Waals surface area contributed by atoms with Crippen molar-refractivity contribution in [1.82, 2.24) is 19.8 Å². The molecule has 2 fully saturated rings. The molecule has 1 amide bonds. The first kappa shape index (κ1) is 25.4. The van der Waals surface area contributed by atoms with E-state index in [1.165, 1.54) is 6.33 Å². The summed E-state index contributed by atoms with van der Waals surface area (Å²) in [6.07, 6.45) is 3.45. The summed E-state index contributed by atoms with van der Waals surface area (Å²) in [7, 11) is 0. The van der Waals surface area contributed by atoms with E-state index in [1.54, 1.807) is 0 Å². The summed E-state index contributed by atoms with van der Waals surface area (Å²) in [5.74, 6) is 0.667. The number of benzene rings is 1. The molecule has 2 aliphatic rings. The van der Waals surface area contributed by atoms with E-state index < -0.39 is 0 Å². The molecule has 8 heteroatoms. The van der Waals surface area contributed by atoms with Gasteiger partial charge in [-0.05, 0) is 43.9 Å². The summed E-state index contributed by atoms with van der Waals surface area (Å²) in [5, 5.41) is 4.07. The van der Waals surface area contributed by atoms with E-state index in [-0.39, 0.29) is 5.91 Å². The minimum atomic E-state index is -0.0123. The van der Waals surface area contributed by atoms with E-state index in [9.17, 15) is 4.79 Å². The van der Waals surface area contributed by atoms with Gasteiger partial charge in [0.15, 0.2) is 0 Å². The lowest BCUT2D eigenvalue weighted by atomic mass is 10.0. The van der Waals surface area contributed by atoms with Gasteiger partial charge in [0.2, 0.25) is 0 Å². The van der Waals surface area contributed by atoms with E-state index in [4.69, 9.17) is 16.3 Å². The zero-order valence-corrected chi connectivity index (χ0v) is 21.0. The minimum Gasteiger partial charge on any atom is -0.379 e. The lowest BCUT2D eigenvalue weighted by Crippen LogP contribution is -2.50. The number of morpholine rings is 1. The molecule has 0 spiro atoms. The largest absolute Gasteiger partial charge is 0.379 e. The number of aryl methyl sites for hydroxylation is 1. The molecule has 0 unspecified atom stereocenters. The van der Waals surface area contributed by atoms with E-state index in [0.717, 1.165) is 73.9 Å². The van der Waals surface area contributed by atoms with Gasteiger partial charge in [-0.1, -0.05) is 37.6 Å². The summed E-state index contributed by atoms with van der Waals surface area (Å²) >= 11 is 6.23. The van der Waals surface area contributed by atoms with Crippen LogP contribution in [0.1, 0.15) is 53.9 Å². The van der Waals surface area contributed by atoms with E-state index in [2.05, 4.69) is 20.2 Å². The van der Waals surface area contributed by atoms with Crippen molar-refractivity contribution in [1.29, 1.82) is 0 Å². The van der Waals surface area contributed by atoms with Gasteiger partial charge in [0.05, 0.1) is 13.2 Å². The number of likely N-dealkylation sites (tertiary alicyclic amines) is 1. The first-order valence-electron chi connectivity index (χ1n) is 11.9. The molecule has 3 heterocycles. The molecule has 180 valence electrons. The Kier molecular flexibility index (Phi) is 9.47. The van der Waals surface area contributed by atoms with E-state index in [0.29, 0.717) is 24.1 Å². The highest BCUT2D eigenvalue weighted by atomic mass is 35.5. The topological polar surface area (TPSA) is 70.6 Å². The van der Waals surface area contributed by atoms with Crippen LogP contribution in [0, 0.1) is 13.8 Å². The molecule has 0 saturated carbocycles. The van der Waals surface area contributed by atoms with Gasteiger partial charge < -0.3 is 15.0 Å². The number of piperidine rings is 1. The zero-order chi connectivity index (χ0) is 23.8. The number of halogens is 1. The van der Waals surface area contributed by atoms with Crippen LogP contribution in [0.15, 0.2) is 24.5 Å². The number of ether oxygens (including phenoxy) is 1. The van der Waals surface area contributed by atoms with Crippen LogP contribution >= 0.6 is 11.6 Å². The molecule has 0 atom stereocenters. The molecule has 0 radical (unpaired) electrons. The molecule has 4 rings (SSSR count). The molecule has 2 saturated heterocycles. The van der Waals surface area contributed by atoms with Crippen LogP contribution in [0.4, 0.5) is 5.82 Å². The molecular formula is C25H36ClN5O2. The van der Waals surface area contributed by atoms with Gasteiger partial charge in [0.1, 0.15) is 17.8 Å². The lowest BCUT2D eigenvalue weighted by Gasteiger charge is -2.40. The summed E-state index contributed by atoms with van der Waals surface area (Å²) in [5.41, 5.74) is 3.37. The first-order valence-corrected chi connectivity index (χ1v) is 12.3. The standard InChI is InChI=1S/C23H30ClN5O2.C2H6/c1-16-3-4-18(13-20(16)24)14-25-22-17(2)21(26-15-27-22)23(30)29-7-5-19(6-8-29)28-9-11-31-12-10-28;1-2/h3-4,13,15,19H,5-12,14H2,1-2H3,(H,25,26,27);1-2H3. The van der Waals surface area contributed by atoms with Crippen molar-refractivity contribution in [3.63, 3.8) is 0 Å². The van der Waals surface area contributed by atoms with E-state index >= 15 is 0 Å². The van der Waals surface area contributed by atoms with Crippen molar-refractivity contribution in [3.05, 3.63) is 51.9 Å². The summed E-state index contributed by atoms with van der Waals surface area (Å²) < 4.78 is 5.46. The maximum atomic E-state index is 13.2. The molecule has 33 heavy (non-hydrogen) atoms. The fourth-order valence-corrected chi connectivity index (χ4v) is 4.51. The zero-order valence-electron chi connectivity index (χ0n) is 20.2. The van der Waals surface area contributed by atoms with E-state index in [1.807, 2.05) is 50.8 Å². The van der Waals surface area contributed by atoms with Gasteiger partial charge in [0, 0.05) is 49.4 Å². The Morgan fingerprint density at radius 1 is 1.12 bits per heavy atom. The predicted molar refractivity (Wildman–Crippen MR) is 133 cm³/mol. The van der Waals surface area contributed by atoms with Gasteiger partial charge in [-0.3, -0.25) is 9.69 Å². The first-order chi connectivity index (χ1) is 16.0. The molecule has 0 aliphatic carbocycles.